The highest BCUT2D eigenvalue weighted by Crippen LogP contribution is 2.22. The van der Waals surface area contributed by atoms with Crippen molar-refractivity contribution in [2.75, 3.05) is 18.5 Å². The number of aryl methyl sites for hydroxylation is 1. The molecule has 0 unspecified atom stereocenters. The molecule has 0 saturated heterocycles. The van der Waals surface area contributed by atoms with Crippen LogP contribution in [-0.4, -0.2) is 30.1 Å². The third-order valence-electron chi connectivity index (χ3n) is 3.03. The van der Waals surface area contributed by atoms with E-state index in [0.29, 0.717) is 10.8 Å². The van der Waals surface area contributed by atoms with Crippen molar-refractivity contribution in [3.63, 3.8) is 0 Å². The Bertz CT molecular complexity index is 751. The van der Waals surface area contributed by atoms with Crippen LogP contribution in [0.15, 0.2) is 36.5 Å². The van der Waals surface area contributed by atoms with E-state index < -0.39 is 18.5 Å². The summed E-state index contributed by atoms with van der Waals surface area (Å²) in [6.45, 7) is 1.69. The van der Waals surface area contributed by atoms with E-state index in [1.54, 1.807) is 0 Å². The number of esters is 1. The Morgan fingerprint density at radius 3 is 2.60 bits per heavy atom. The number of amides is 1. The van der Waals surface area contributed by atoms with Crippen molar-refractivity contribution in [1.82, 2.24) is 4.98 Å². The van der Waals surface area contributed by atoms with E-state index in [4.69, 9.17) is 32.7 Å². The average Bonchev–Trinajstić information content (AvgIpc) is 2.57. The molecule has 1 amide bonds. The van der Waals surface area contributed by atoms with Crippen molar-refractivity contribution < 1.29 is 19.1 Å². The number of pyridine rings is 1. The van der Waals surface area contributed by atoms with Gasteiger partial charge in [0.05, 0.1) is 23.1 Å². The van der Waals surface area contributed by atoms with Gasteiger partial charge in [-0.2, -0.15) is 0 Å². The summed E-state index contributed by atoms with van der Waals surface area (Å²) in [5.74, 6) is -0.281. The Kier molecular flexibility index (Phi) is 7.03. The first-order valence-corrected chi connectivity index (χ1v) is 8.15. The number of hydrogen-bond acceptors (Lipinski definition) is 5. The van der Waals surface area contributed by atoms with Gasteiger partial charge in [-0.3, -0.25) is 9.59 Å². The molecule has 0 aliphatic rings. The lowest BCUT2D eigenvalue weighted by Gasteiger charge is -2.08. The number of anilines is 1. The molecule has 0 saturated carbocycles. The number of nitrogens with one attached hydrogen (secondary N) is 1. The number of carbonyl (C=O) groups excluding carboxylic acids is 2. The van der Waals surface area contributed by atoms with Crippen molar-refractivity contribution in [2.45, 2.75) is 13.3 Å². The first kappa shape index (κ1) is 19.0. The van der Waals surface area contributed by atoms with Crippen LogP contribution in [0.3, 0.4) is 0 Å². The SMILES string of the molecule is Cc1ccc(OCCC(=O)OCC(=O)Nc2ncc(Cl)cc2Cl)cc1. The number of carbonyl (C=O) groups is 2. The lowest BCUT2D eigenvalue weighted by Crippen LogP contribution is -2.22. The zero-order chi connectivity index (χ0) is 18.2. The molecule has 132 valence electrons. The molecule has 6 nitrogen and oxygen atoms in total. The molecule has 0 aliphatic heterocycles. The number of halogens is 2. The quantitative estimate of drug-likeness (QED) is 0.739. The fraction of sp³-hybridized carbons (Fsp3) is 0.235. The predicted octanol–water partition coefficient (Wildman–Crippen LogP) is 3.65. The Hall–Kier alpha value is -2.31. The van der Waals surface area contributed by atoms with E-state index in [0.717, 1.165) is 5.56 Å². The molecule has 1 heterocycles. The van der Waals surface area contributed by atoms with Crippen LogP contribution in [0.2, 0.25) is 10.0 Å². The van der Waals surface area contributed by atoms with Crippen molar-refractivity contribution in [3.8, 4) is 5.75 Å². The second-order valence-electron chi connectivity index (χ2n) is 5.10. The molecule has 1 N–H and O–H groups in total. The summed E-state index contributed by atoms with van der Waals surface area (Å²) in [6.07, 6.45) is 1.37. The predicted molar refractivity (Wildman–Crippen MR) is 95.1 cm³/mol. The summed E-state index contributed by atoms with van der Waals surface area (Å²) in [6, 6.07) is 8.90. The minimum absolute atomic E-state index is 0.0289. The molecule has 0 spiro atoms. The van der Waals surface area contributed by atoms with Crippen LogP contribution >= 0.6 is 23.2 Å². The highest BCUT2D eigenvalue weighted by atomic mass is 35.5. The van der Waals surface area contributed by atoms with Crippen LogP contribution in [0.25, 0.3) is 0 Å². The maximum atomic E-state index is 11.7. The van der Waals surface area contributed by atoms with Gasteiger partial charge >= 0.3 is 5.97 Å². The second kappa shape index (κ2) is 9.25. The summed E-state index contributed by atoms with van der Waals surface area (Å²) in [5.41, 5.74) is 1.12. The monoisotopic (exact) mass is 382 g/mol. The summed E-state index contributed by atoms with van der Waals surface area (Å²) in [4.78, 5) is 27.2. The van der Waals surface area contributed by atoms with E-state index in [2.05, 4.69) is 10.3 Å². The summed E-state index contributed by atoms with van der Waals surface area (Å²) in [5, 5.41) is 2.97. The summed E-state index contributed by atoms with van der Waals surface area (Å²) >= 11 is 11.6. The van der Waals surface area contributed by atoms with Crippen LogP contribution in [-0.2, 0) is 14.3 Å². The Morgan fingerprint density at radius 2 is 1.92 bits per heavy atom. The standard InChI is InChI=1S/C17H16Cl2N2O4/c1-11-2-4-13(5-3-11)24-7-6-16(23)25-10-15(22)21-17-14(19)8-12(18)9-20-17/h2-5,8-9H,6-7,10H2,1H3,(H,20,21,22). The Balaban J connectivity index is 1.68. The third kappa shape index (κ3) is 6.60. The van der Waals surface area contributed by atoms with Gasteiger partial charge in [0.2, 0.25) is 0 Å². The molecule has 25 heavy (non-hydrogen) atoms. The number of rotatable bonds is 7. The van der Waals surface area contributed by atoms with Crippen molar-refractivity contribution >= 4 is 40.9 Å². The van der Waals surface area contributed by atoms with Gasteiger partial charge in [0.15, 0.2) is 12.4 Å². The maximum Gasteiger partial charge on any atom is 0.309 e. The van der Waals surface area contributed by atoms with E-state index >= 15 is 0 Å². The fourth-order valence-corrected chi connectivity index (χ4v) is 2.21. The van der Waals surface area contributed by atoms with Crippen LogP contribution in [0.5, 0.6) is 5.75 Å². The topological polar surface area (TPSA) is 77.5 Å². The van der Waals surface area contributed by atoms with E-state index in [-0.39, 0.29) is 23.9 Å². The Labute approximate surface area is 155 Å². The lowest BCUT2D eigenvalue weighted by atomic mass is 10.2. The molecule has 0 radical (unpaired) electrons. The van der Waals surface area contributed by atoms with Gasteiger partial charge in [-0.15, -0.1) is 0 Å². The Morgan fingerprint density at radius 1 is 1.20 bits per heavy atom. The highest BCUT2D eigenvalue weighted by molar-refractivity contribution is 6.36. The van der Waals surface area contributed by atoms with Crippen LogP contribution in [0, 0.1) is 6.92 Å². The number of aromatic nitrogens is 1. The van der Waals surface area contributed by atoms with Crippen molar-refractivity contribution in [2.24, 2.45) is 0 Å². The molecule has 0 bridgehead atoms. The first-order valence-electron chi connectivity index (χ1n) is 7.40. The van der Waals surface area contributed by atoms with E-state index in [1.165, 1.54) is 12.3 Å². The largest absolute Gasteiger partial charge is 0.493 e. The van der Waals surface area contributed by atoms with Gasteiger partial charge in [0.25, 0.3) is 5.91 Å². The molecule has 8 heteroatoms. The smallest absolute Gasteiger partial charge is 0.309 e. The maximum absolute atomic E-state index is 11.7. The zero-order valence-corrected chi connectivity index (χ0v) is 14.9. The minimum atomic E-state index is -0.551. The van der Waals surface area contributed by atoms with Crippen LogP contribution < -0.4 is 10.1 Å². The van der Waals surface area contributed by atoms with E-state index in [1.807, 2.05) is 31.2 Å². The molecule has 1 aromatic heterocycles. The average molecular weight is 383 g/mol. The molecule has 1 aromatic carbocycles. The molecule has 0 aliphatic carbocycles. The highest BCUT2D eigenvalue weighted by Gasteiger charge is 2.11. The van der Waals surface area contributed by atoms with Crippen molar-refractivity contribution in [1.29, 1.82) is 0 Å². The molecular formula is C17H16Cl2N2O4. The van der Waals surface area contributed by atoms with Crippen LogP contribution in [0.1, 0.15) is 12.0 Å². The molecule has 2 rings (SSSR count). The summed E-state index contributed by atoms with van der Waals surface area (Å²) in [7, 11) is 0. The summed E-state index contributed by atoms with van der Waals surface area (Å²) < 4.78 is 10.3. The van der Waals surface area contributed by atoms with Crippen LogP contribution in [0.4, 0.5) is 5.82 Å². The molecule has 0 atom stereocenters. The third-order valence-corrected chi connectivity index (χ3v) is 3.52. The van der Waals surface area contributed by atoms with Crippen molar-refractivity contribution in [3.05, 3.63) is 52.1 Å². The molecule has 2 aromatic rings. The van der Waals surface area contributed by atoms with Gasteiger partial charge in [-0.1, -0.05) is 40.9 Å². The lowest BCUT2D eigenvalue weighted by molar-refractivity contribution is -0.147. The first-order chi connectivity index (χ1) is 11.9. The van der Waals surface area contributed by atoms with Gasteiger partial charge in [-0.25, -0.2) is 4.98 Å². The van der Waals surface area contributed by atoms with Gasteiger partial charge in [0.1, 0.15) is 5.75 Å². The normalized spacial score (nSPS) is 10.2. The number of nitrogens with zero attached hydrogens (tertiary/aromatic N) is 1. The number of ether oxygens (including phenoxy) is 2. The molecule has 0 fully saturated rings. The van der Waals surface area contributed by atoms with Gasteiger partial charge in [0, 0.05) is 6.20 Å². The minimum Gasteiger partial charge on any atom is -0.493 e. The fourth-order valence-electron chi connectivity index (χ4n) is 1.78. The van der Waals surface area contributed by atoms with Gasteiger partial charge < -0.3 is 14.8 Å². The second-order valence-corrected chi connectivity index (χ2v) is 5.95. The number of hydrogen-bond donors (Lipinski definition) is 1. The number of benzene rings is 1. The van der Waals surface area contributed by atoms with E-state index in [9.17, 15) is 9.59 Å². The zero-order valence-electron chi connectivity index (χ0n) is 13.4. The van der Waals surface area contributed by atoms with Gasteiger partial charge in [-0.05, 0) is 25.1 Å². The molecular weight excluding hydrogens is 367 g/mol.